The lowest BCUT2D eigenvalue weighted by molar-refractivity contribution is -0.119. The summed E-state index contributed by atoms with van der Waals surface area (Å²) in [5.41, 5.74) is 1.06. The lowest BCUT2D eigenvalue weighted by atomic mass is 9.79. The van der Waals surface area contributed by atoms with Gasteiger partial charge in [0.2, 0.25) is 5.91 Å². The summed E-state index contributed by atoms with van der Waals surface area (Å²) >= 11 is 6.12. The molecule has 0 aromatic heterocycles. The molecule has 0 saturated carbocycles. The number of rotatable bonds is 5. The van der Waals surface area contributed by atoms with E-state index in [1.807, 2.05) is 24.3 Å². The number of amides is 1. The van der Waals surface area contributed by atoms with Crippen molar-refractivity contribution in [3.05, 3.63) is 34.9 Å². The van der Waals surface area contributed by atoms with Gasteiger partial charge >= 0.3 is 0 Å². The number of ether oxygens (including phenoxy) is 1. The fourth-order valence-corrected chi connectivity index (χ4v) is 4.25. The minimum atomic E-state index is -0.147. The third-order valence-corrected chi connectivity index (χ3v) is 5.64. The number of methoxy groups -OCH3 is 1. The third kappa shape index (κ3) is 5.73. The Morgan fingerprint density at radius 2 is 2.32 bits per heavy atom. The van der Waals surface area contributed by atoms with Crippen LogP contribution in [-0.4, -0.2) is 56.6 Å². The molecule has 3 rings (SSSR count). The Bertz CT molecular complexity index is 703. The van der Waals surface area contributed by atoms with Crippen molar-refractivity contribution in [1.82, 2.24) is 15.5 Å². The van der Waals surface area contributed by atoms with Gasteiger partial charge in [0.05, 0.1) is 6.54 Å². The van der Waals surface area contributed by atoms with E-state index in [9.17, 15) is 4.79 Å². The van der Waals surface area contributed by atoms with Gasteiger partial charge in [-0.25, -0.2) is 0 Å². The molecule has 2 aliphatic rings. The van der Waals surface area contributed by atoms with Gasteiger partial charge in [-0.05, 0) is 37.5 Å². The van der Waals surface area contributed by atoms with E-state index < -0.39 is 0 Å². The number of likely N-dealkylation sites (tertiary alicyclic amines) is 1. The summed E-state index contributed by atoms with van der Waals surface area (Å²) in [4.78, 5) is 18.9. The molecule has 1 amide bonds. The molecule has 2 heterocycles. The van der Waals surface area contributed by atoms with Crippen LogP contribution in [0.1, 0.15) is 37.9 Å². The molecule has 1 aromatic carbocycles. The summed E-state index contributed by atoms with van der Waals surface area (Å²) in [5.74, 6) is 1.05. The molecular formula is C20H30ClIN4O2. The molecule has 6 nitrogen and oxygen atoms in total. The van der Waals surface area contributed by atoms with Crippen LogP contribution in [-0.2, 0) is 9.53 Å². The number of nitrogens with zero attached hydrogens (tertiary/aromatic N) is 2. The normalized spacial score (nSPS) is 23.3. The second kappa shape index (κ2) is 10.6. The number of carbonyl (C=O) groups is 1. The molecular weight excluding hydrogens is 491 g/mol. The van der Waals surface area contributed by atoms with Crippen molar-refractivity contribution in [2.45, 2.75) is 32.3 Å². The highest BCUT2D eigenvalue weighted by atomic mass is 127. The van der Waals surface area contributed by atoms with Crippen LogP contribution in [0.5, 0.6) is 0 Å². The maximum absolute atomic E-state index is 11.8. The second-order valence-corrected chi connectivity index (χ2v) is 7.89. The van der Waals surface area contributed by atoms with Crippen LogP contribution in [0.4, 0.5) is 0 Å². The Labute approximate surface area is 189 Å². The maximum Gasteiger partial charge on any atom is 0.220 e. The Morgan fingerprint density at radius 3 is 2.96 bits per heavy atom. The van der Waals surface area contributed by atoms with E-state index in [-0.39, 0.29) is 41.4 Å². The van der Waals surface area contributed by atoms with Gasteiger partial charge in [-0.1, -0.05) is 23.7 Å². The Hall–Kier alpha value is -1.06. The summed E-state index contributed by atoms with van der Waals surface area (Å²) in [5, 5.41) is 7.10. The number of benzene rings is 1. The highest BCUT2D eigenvalue weighted by Gasteiger charge is 2.42. The van der Waals surface area contributed by atoms with Crippen LogP contribution in [0.2, 0.25) is 5.02 Å². The standard InChI is InChI=1S/C20H29ClN4O2.HI/c1-3-22-19(23-12-17(27-2)15-6-4-7-16(21)10-15)25-9-5-8-20(14-25)11-18(26)24-13-20;/h4,6-7,10,17H,3,5,8-9,11-14H2,1-2H3,(H,22,23)(H,24,26);1H. The number of carbonyl (C=O) groups excluding carboxylic acids is 1. The molecule has 0 radical (unpaired) electrons. The first-order chi connectivity index (χ1) is 13.0. The lowest BCUT2D eigenvalue weighted by Crippen LogP contribution is -2.51. The molecule has 1 spiro atoms. The molecule has 0 aliphatic carbocycles. The van der Waals surface area contributed by atoms with Gasteiger partial charge in [0.15, 0.2) is 5.96 Å². The highest BCUT2D eigenvalue weighted by molar-refractivity contribution is 14.0. The Kier molecular flexibility index (Phi) is 8.82. The van der Waals surface area contributed by atoms with E-state index in [0.29, 0.717) is 18.0 Å². The molecule has 2 fully saturated rings. The van der Waals surface area contributed by atoms with E-state index in [0.717, 1.165) is 50.5 Å². The summed E-state index contributed by atoms with van der Waals surface area (Å²) in [6.07, 6.45) is 2.63. The third-order valence-electron chi connectivity index (χ3n) is 5.40. The maximum atomic E-state index is 11.8. The summed E-state index contributed by atoms with van der Waals surface area (Å²) in [6.45, 7) is 5.96. The number of hydrogen-bond acceptors (Lipinski definition) is 3. The fourth-order valence-electron chi connectivity index (χ4n) is 4.05. The van der Waals surface area contributed by atoms with Crippen LogP contribution in [0.25, 0.3) is 0 Å². The van der Waals surface area contributed by atoms with Crippen molar-refractivity contribution in [3.8, 4) is 0 Å². The van der Waals surface area contributed by atoms with Crippen LogP contribution < -0.4 is 10.6 Å². The predicted molar refractivity (Wildman–Crippen MR) is 123 cm³/mol. The van der Waals surface area contributed by atoms with Gasteiger partial charge in [0.25, 0.3) is 0 Å². The average Bonchev–Trinajstić information content (AvgIpc) is 3.01. The molecule has 2 atom stereocenters. The topological polar surface area (TPSA) is 66.0 Å². The summed E-state index contributed by atoms with van der Waals surface area (Å²) in [7, 11) is 1.69. The number of nitrogens with one attached hydrogen (secondary N) is 2. The first-order valence-electron chi connectivity index (χ1n) is 9.63. The van der Waals surface area contributed by atoms with Crippen molar-refractivity contribution in [2.24, 2.45) is 10.4 Å². The molecule has 2 N–H and O–H groups in total. The van der Waals surface area contributed by atoms with E-state index >= 15 is 0 Å². The molecule has 28 heavy (non-hydrogen) atoms. The lowest BCUT2D eigenvalue weighted by Gasteiger charge is -2.41. The zero-order valence-electron chi connectivity index (χ0n) is 16.5. The minimum absolute atomic E-state index is 0. The summed E-state index contributed by atoms with van der Waals surface area (Å²) < 4.78 is 5.65. The molecule has 8 heteroatoms. The molecule has 1 aromatic rings. The van der Waals surface area contributed by atoms with Crippen molar-refractivity contribution < 1.29 is 9.53 Å². The molecule has 2 aliphatic heterocycles. The quantitative estimate of drug-likeness (QED) is 0.356. The second-order valence-electron chi connectivity index (χ2n) is 7.45. The van der Waals surface area contributed by atoms with Crippen molar-refractivity contribution in [2.75, 3.05) is 39.8 Å². The minimum Gasteiger partial charge on any atom is -0.375 e. The van der Waals surface area contributed by atoms with Gasteiger partial charge < -0.3 is 20.3 Å². The number of aliphatic imine (C=N–C) groups is 1. The average molecular weight is 521 g/mol. The molecule has 2 saturated heterocycles. The first-order valence-corrected chi connectivity index (χ1v) is 10.0. The molecule has 0 bridgehead atoms. The smallest absolute Gasteiger partial charge is 0.220 e. The van der Waals surface area contributed by atoms with Gasteiger partial charge in [-0.2, -0.15) is 0 Å². The van der Waals surface area contributed by atoms with Crippen LogP contribution in [0.15, 0.2) is 29.3 Å². The van der Waals surface area contributed by atoms with Gasteiger partial charge in [-0.15, -0.1) is 24.0 Å². The van der Waals surface area contributed by atoms with Gasteiger partial charge in [0, 0.05) is 50.1 Å². The van der Waals surface area contributed by atoms with Gasteiger partial charge in [-0.3, -0.25) is 9.79 Å². The number of piperidine rings is 1. The van der Waals surface area contributed by atoms with Crippen molar-refractivity contribution in [1.29, 1.82) is 0 Å². The van der Waals surface area contributed by atoms with Crippen molar-refractivity contribution in [3.63, 3.8) is 0 Å². The van der Waals surface area contributed by atoms with Crippen LogP contribution in [0, 0.1) is 5.41 Å². The summed E-state index contributed by atoms with van der Waals surface area (Å²) in [6, 6.07) is 7.71. The zero-order valence-corrected chi connectivity index (χ0v) is 19.6. The zero-order chi connectivity index (χ0) is 19.3. The van der Waals surface area contributed by atoms with E-state index in [2.05, 4.69) is 22.5 Å². The largest absolute Gasteiger partial charge is 0.375 e. The number of guanidine groups is 1. The molecule has 2 unspecified atom stereocenters. The van der Waals surface area contributed by atoms with Crippen molar-refractivity contribution >= 4 is 47.4 Å². The number of hydrogen-bond donors (Lipinski definition) is 2. The van der Waals surface area contributed by atoms with E-state index in [1.165, 1.54) is 0 Å². The molecule has 156 valence electrons. The monoisotopic (exact) mass is 520 g/mol. The predicted octanol–water partition coefficient (Wildman–Crippen LogP) is 3.21. The SMILES string of the molecule is CCNC(=NCC(OC)c1cccc(Cl)c1)N1CCCC2(CNC(=O)C2)C1.I. The first kappa shape index (κ1) is 23.2. The van der Waals surface area contributed by atoms with E-state index in [1.54, 1.807) is 7.11 Å². The highest BCUT2D eigenvalue weighted by Crippen LogP contribution is 2.36. The number of halogens is 2. The van der Waals surface area contributed by atoms with Crippen LogP contribution in [0.3, 0.4) is 0 Å². The Morgan fingerprint density at radius 1 is 1.50 bits per heavy atom. The van der Waals surface area contributed by atoms with E-state index in [4.69, 9.17) is 21.3 Å². The Balaban J connectivity index is 0.00000280. The van der Waals surface area contributed by atoms with Crippen LogP contribution >= 0.6 is 35.6 Å². The fraction of sp³-hybridized carbons (Fsp3) is 0.600. The van der Waals surface area contributed by atoms with Gasteiger partial charge in [0.1, 0.15) is 6.10 Å².